The first kappa shape index (κ1) is 16.5. The number of benzene rings is 1. The van der Waals surface area contributed by atoms with Gasteiger partial charge >= 0.3 is 6.03 Å². The maximum absolute atomic E-state index is 13.8. The van der Waals surface area contributed by atoms with E-state index in [-0.39, 0.29) is 23.9 Å². The molecule has 2 N–H and O–H groups in total. The molecule has 1 aromatic carbocycles. The average Bonchev–Trinajstić information content (AvgIpc) is 3.11. The Kier molecular flexibility index (Phi) is 5.13. The van der Waals surface area contributed by atoms with E-state index in [1.807, 2.05) is 24.1 Å². The van der Waals surface area contributed by atoms with Crippen LogP contribution in [0.2, 0.25) is 0 Å². The number of nitrogens with one attached hydrogen (secondary N) is 2. The average molecular weight is 330 g/mol. The number of aromatic nitrogens is 2. The lowest BCUT2D eigenvalue weighted by atomic mass is 9.98. The topological polar surface area (TPSA) is 61.0 Å². The highest BCUT2D eigenvalue weighted by atomic mass is 19.1. The van der Waals surface area contributed by atoms with Crippen molar-refractivity contribution in [3.05, 3.63) is 53.6 Å². The maximum Gasteiger partial charge on any atom is 0.318 e. The fourth-order valence-electron chi connectivity index (χ4n) is 3.30. The highest BCUT2D eigenvalue weighted by Crippen LogP contribution is 2.30. The first-order valence-electron chi connectivity index (χ1n) is 8.44. The summed E-state index contributed by atoms with van der Waals surface area (Å²) >= 11 is 0. The number of nitrogens with zero attached hydrogens (tertiary/aromatic N) is 2. The minimum Gasteiger partial charge on any atom is -0.335 e. The molecule has 1 aliphatic rings. The molecule has 128 valence electrons. The zero-order valence-corrected chi connectivity index (χ0v) is 13.8. The van der Waals surface area contributed by atoms with Crippen LogP contribution in [-0.4, -0.2) is 33.7 Å². The van der Waals surface area contributed by atoms with Crippen LogP contribution in [0.4, 0.5) is 9.18 Å². The number of amides is 2. The van der Waals surface area contributed by atoms with Gasteiger partial charge in [0.1, 0.15) is 5.82 Å². The third-order valence-electron chi connectivity index (χ3n) is 4.52. The third-order valence-corrected chi connectivity index (χ3v) is 4.52. The molecule has 24 heavy (non-hydrogen) atoms. The van der Waals surface area contributed by atoms with Crippen molar-refractivity contribution in [3.63, 3.8) is 0 Å². The zero-order valence-electron chi connectivity index (χ0n) is 13.8. The van der Waals surface area contributed by atoms with Crippen molar-refractivity contribution >= 4 is 6.03 Å². The Morgan fingerprint density at radius 3 is 3.04 bits per heavy atom. The van der Waals surface area contributed by atoms with Crippen molar-refractivity contribution in [1.82, 2.24) is 20.4 Å². The zero-order chi connectivity index (χ0) is 16.9. The first-order chi connectivity index (χ1) is 11.6. The van der Waals surface area contributed by atoms with E-state index < -0.39 is 0 Å². The second-order valence-corrected chi connectivity index (χ2v) is 6.38. The Hall–Kier alpha value is -2.37. The quantitative estimate of drug-likeness (QED) is 0.902. The van der Waals surface area contributed by atoms with Gasteiger partial charge in [0.25, 0.3) is 0 Å². The molecule has 1 aromatic heterocycles. The summed E-state index contributed by atoms with van der Waals surface area (Å²) in [5.41, 5.74) is 1.65. The standard InChI is InChI=1S/C18H23FN4O/c1-13(10-14-6-2-3-7-16(14)19)22-18(24)23-9-5-4-8-17(23)15-11-20-21-12-15/h2-3,6-7,11-13,17H,4-5,8-10H2,1H3,(H,20,21)(H,22,24)/t13-,17-/m0/s1. The molecule has 3 rings (SSSR count). The van der Waals surface area contributed by atoms with Crippen LogP contribution in [0, 0.1) is 5.82 Å². The van der Waals surface area contributed by atoms with E-state index >= 15 is 0 Å². The molecule has 2 atom stereocenters. The molecule has 0 saturated carbocycles. The summed E-state index contributed by atoms with van der Waals surface area (Å²) in [5.74, 6) is -0.229. The summed E-state index contributed by atoms with van der Waals surface area (Å²) in [6, 6.07) is 6.51. The van der Waals surface area contributed by atoms with Crippen LogP contribution in [0.3, 0.4) is 0 Å². The number of likely N-dealkylation sites (tertiary alicyclic amines) is 1. The number of hydrogen-bond acceptors (Lipinski definition) is 2. The first-order valence-corrected chi connectivity index (χ1v) is 8.44. The summed E-state index contributed by atoms with van der Waals surface area (Å²) in [5, 5.41) is 9.82. The van der Waals surface area contributed by atoms with Crippen LogP contribution in [-0.2, 0) is 6.42 Å². The molecule has 0 radical (unpaired) electrons. The molecular weight excluding hydrogens is 307 g/mol. The highest BCUT2D eigenvalue weighted by Gasteiger charge is 2.29. The molecule has 0 bridgehead atoms. The number of H-pyrrole nitrogens is 1. The largest absolute Gasteiger partial charge is 0.335 e. The molecule has 2 amide bonds. The second kappa shape index (κ2) is 7.47. The summed E-state index contributed by atoms with van der Waals surface area (Å²) in [4.78, 5) is 14.5. The number of urea groups is 1. The van der Waals surface area contributed by atoms with Gasteiger partial charge in [0.15, 0.2) is 0 Å². The van der Waals surface area contributed by atoms with E-state index in [2.05, 4.69) is 15.5 Å². The van der Waals surface area contributed by atoms with Crippen molar-refractivity contribution in [3.8, 4) is 0 Å². The van der Waals surface area contributed by atoms with Crippen molar-refractivity contribution < 1.29 is 9.18 Å². The van der Waals surface area contributed by atoms with Gasteiger partial charge in [-0.1, -0.05) is 18.2 Å². The molecule has 0 unspecified atom stereocenters. The molecule has 1 fully saturated rings. The fourth-order valence-corrected chi connectivity index (χ4v) is 3.30. The van der Waals surface area contributed by atoms with Crippen LogP contribution in [0.5, 0.6) is 0 Å². The highest BCUT2D eigenvalue weighted by molar-refractivity contribution is 5.75. The number of carbonyl (C=O) groups excluding carboxylic acids is 1. The van der Waals surface area contributed by atoms with Crippen LogP contribution in [0.25, 0.3) is 0 Å². The Balaban J connectivity index is 1.63. The van der Waals surface area contributed by atoms with Crippen molar-refractivity contribution in [2.24, 2.45) is 0 Å². The third kappa shape index (κ3) is 3.75. The van der Waals surface area contributed by atoms with Gasteiger partial charge in [0.2, 0.25) is 0 Å². The van der Waals surface area contributed by atoms with E-state index in [0.717, 1.165) is 31.4 Å². The summed E-state index contributed by atoms with van der Waals surface area (Å²) in [6.07, 6.45) is 7.14. The summed E-state index contributed by atoms with van der Waals surface area (Å²) in [6.45, 7) is 2.63. The summed E-state index contributed by atoms with van der Waals surface area (Å²) in [7, 11) is 0. The van der Waals surface area contributed by atoms with Crippen molar-refractivity contribution in [2.45, 2.75) is 44.7 Å². The Labute approximate surface area is 141 Å². The monoisotopic (exact) mass is 330 g/mol. The molecule has 6 heteroatoms. The van der Waals surface area contributed by atoms with E-state index in [1.165, 1.54) is 6.07 Å². The normalized spacial score (nSPS) is 19.1. The molecule has 0 spiro atoms. The number of aromatic amines is 1. The molecule has 0 aliphatic carbocycles. The molecular formula is C18H23FN4O. The number of carbonyl (C=O) groups is 1. The molecule has 2 heterocycles. The van der Waals surface area contributed by atoms with Gasteiger partial charge in [-0.25, -0.2) is 9.18 Å². The smallest absolute Gasteiger partial charge is 0.318 e. The molecule has 5 nitrogen and oxygen atoms in total. The number of piperidine rings is 1. The Morgan fingerprint density at radius 2 is 2.29 bits per heavy atom. The lowest BCUT2D eigenvalue weighted by molar-refractivity contribution is 0.149. The molecule has 2 aromatic rings. The van der Waals surface area contributed by atoms with E-state index in [4.69, 9.17) is 0 Å². The van der Waals surface area contributed by atoms with E-state index in [0.29, 0.717) is 12.0 Å². The summed E-state index contributed by atoms with van der Waals surface area (Å²) < 4.78 is 13.8. The SMILES string of the molecule is C[C@@H](Cc1ccccc1F)NC(=O)N1CCCC[C@H]1c1cn[nH]c1. The van der Waals surface area contributed by atoms with Crippen LogP contribution < -0.4 is 5.32 Å². The van der Waals surface area contributed by atoms with E-state index in [9.17, 15) is 9.18 Å². The van der Waals surface area contributed by atoms with Gasteiger partial charge in [-0.15, -0.1) is 0 Å². The Morgan fingerprint density at radius 1 is 1.46 bits per heavy atom. The molecule has 1 aliphatic heterocycles. The van der Waals surface area contributed by atoms with Crippen LogP contribution in [0.1, 0.15) is 43.4 Å². The van der Waals surface area contributed by atoms with Gasteiger partial charge in [-0.3, -0.25) is 5.10 Å². The lowest BCUT2D eigenvalue weighted by Gasteiger charge is -2.36. The van der Waals surface area contributed by atoms with Gasteiger partial charge in [0.05, 0.1) is 12.2 Å². The van der Waals surface area contributed by atoms with Crippen molar-refractivity contribution in [1.29, 1.82) is 0 Å². The fraction of sp³-hybridized carbons (Fsp3) is 0.444. The van der Waals surface area contributed by atoms with Gasteiger partial charge in [-0.05, 0) is 44.2 Å². The van der Waals surface area contributed by atoms with Crippen LogP contribution in [0.15, 0.2) is 36.7 Å². The van der Waals surface area contributed by atoms with Gasteiger partial charge < -0.3 is 10.2 Å². The van der Waals surface area contributed by atoms with Crippen molar-refractivity contribution in [2.75, 3.05) is 6.54 Å². The second-order valence-electron chi connectivity index (χ2n) is 6.38. The van der Waals surface area contributed by atoms with E-state index in [1.54, 1.807) is 18.3 Å². The number of hydrogen-bond donors (Lipinski definition) is 2. The predicted octanol–water partition coefficient (Wildman–Crippen LogP) is 3.42. The lowest BCUT2D eigenvalue weighted by Crippen LogP contribution is -2.47. The molecule has 1 saturated heterocycles. The minimum atomic E-state index is -0.229. The Bertz CT molecular complexity index is 673. The maximum atomic E-state index is 13.8. The van der Waals surface area contributed by atoms with Gasteiger partial charge in [-0.2, -0.15) is 5.10 Å². The number of halogens is 1. The van der Waals surface area contributed by atoms with Gasteiger partial charge in [0, 0.05) is 24.3 Å². The minimum absolute atomic E-state index is 0.0539. The predicted molar refractivity (Wildman–Crippen MR) is 90.0 cm³/mol. The number of rotatable bonds is 4. The van der Waals surface area contributed by atoms with Crippen LogP contribution >= 0.6 is 0 Å².